The zero-order valence-electron chi connectivity index (χ0n) is 14.0. The molecule has 0 bridgehead atoms. The first-order chi connectivity index (χ1) is 12.5. The fourth-order valence-electron chi connectivity index (χ4n) is 2.16. The summed E-state index contributed by atoms with van der Waals surface area (Å²) in [6, 6.07) is 14.2. The fourth-order valence-corrected chi connectivity index (χ4v) is 2.41. The van der Waals surface area contributed by atoms with Gasteiger partial charge in [-0.1, -0.05) is 64.8 Å². The van der Waals surface area contributed by atoms with Gasteiger partial charge in [-0.25, -0.2) is 4.79 Å². The monoisotopic (exact) mass is 393 g/mol. The molecule has 2 aromatic rings. The van der Waals surface area contributed by atoms with Gasteiger partial charge in [0.05, 0.1) is 0 Å². The Labute approximate surface area is 161 Å². The highest BCUT2D eigenvalue weighted by atomic mass is 35.5. The van der Waals surface area contributed by atoms with Gasteiger partial charge in [-0.2, -0.15) is 0 Å². The molecule has 0 aliphatic carbocycles. The van der Waals surface area contributed by atoms with E-state index in [0.717, 1.165) is 5.56 Å². The van der Waals surface area contributed by atoms with Crippen LogP contribution in [0.1, 0.15) is 23.6 Å². The highest BCUT2D eigenvalue weighted by molar-refractivity contribution is 6.57. The van der Waals surface area contributed by atoms with Crippen LogP contribution < -0.4 is 4.74 Å². The fraction of sp³-hybridized carbons (Fsp3) is 0.158. The maximum atomic E-state index is 11.5. The zero-order valence-corrected chi connectivity index (χ0v) is 15.5. The van der Waals surface area contributed by atoms with Crippen molar-refractivity contribution in [2.45, 2.75) is 13.5 Å². The summed E-state index contributed by atoms with van der Waals surface area (Å²) in [5.41, 5.74) is 1.81. The lowest BCUT2D eigenvalue weighted by Gasteiger charge is -2.11. The largest absolute Gasteiger partial charge is 0.489 e. The molecule has 0 heterocycles. The minimum atomic E-state index is -1.17. The lowest BCUT2D eigenvalue weighted by Crippen LogP contribution is -2.18. The number of carbonyl (C=O) groups is 1. The van der Waals surface area contributed by atoms with E-state index in [-0.39, 0.29) is 23.4 Å². The van der Waals surface area contributed by atoms with Crippen molar-refractivity contribution in [3.63, 3.8) is 0 Å². The third-order valence-electron chi connectivity index (χ3n) is 3.31. The van der Waals surface area contributed by atoms with Crippen molar-refractivity contribution < 1.29 is 19.5 Å². The lowest BCUT2D eigenvalue weighted by atomic mass is 10.0. The van der Waals surface area contributed by atoms with Crippen molar-refractivity contribution in [3.8, 4) is 5.75 Å². The number of carboxylic acids is 1. The van der Waals surface area contributed by atoms with Gasteiger partial charge in [0.15, 0.2) is 5.71 Å². The summed E-state index contributed by atoms with van der Waals surface area (Å²) in [5, 5.41) is 13.1. The van der Waals surface area contributed by atoms with Gasteiger partial charge < -0.3 is 14.7 Å². The second-order valence-electron chi connectivity index (χ2n) is 5.11. The number of hydrogen-bond donors (Lipinski definition) is 1. The Balaban J connectivity index is 2.17. The van der Waals surface area contributed by atoms with Gasteiger partial charge in [-0.3, -0.25) is 0 Å². The molecule has 0 fully saturated rings. The Morgan fingerprint density at radius 2 is 1.85 bits per heavy atom. The van der Waals surface area contributed by atoms with Crippen LogP contribution in [-0.4, -0.2) is 23.4 Å². The highest BCUT2D eigenvalue weighted by Gasteiger charge is 2.17. The molecule has 0 saturated carbocycles. The van der Waals surface area contributed by atoms with Gasteiger partial charge in [0.25, 0.3) is 0 Å². The van der Waals surface area contributed by atoms with E-state index >= 15 is 0 Å². The Morgan fingerprint density at radius 3 is 2.46 bits per heavy atom. The first-order valence-corrected chi connectivity index (χ1v) is 8.54. The molecule has 136 valence electrons. The van der Waals surface area contributed by atoms with Crippen molar-refractivity contribution in [1.82, 2.24) is 0 Å². The molecule has 0 radical (unpaired) electrons. The summed E-state index contributed by atoms with van der Waals surface area (Å²) in [6.07, 6.45) is 1.62. The first kappa shape index (κ1) is 19.8. The van der Waals surface area contributed by atoms with Gasteiger partial charge in [0.2, 0.25) is 0 Å². The Morgan fingerprint density at radius 1 is 1.15 bits per heavy atom. The second-order valence-corrected chi connectivity index (χ2v) is 6.12. The van der Waals surface area contributed by atoms with Crippen molar-refractivity contribution in [2.75, 3.05) is 6.61 Å². The number of aliphatic carboxylic acids is 1. The van der Waals surface area contributed by atoms with Crippen molar-refractivity contribution in [1.29, 1.82) is 0 Å². The highest BCUT2D eigenvalue weighted by Crippen LogP contribution is 2.19. The number of nitrogens with zero attached hydrogens (tertiary/aromatic N) is 1. The molecule has 1 N–H and O–H groups in total. The van der Waals surface area contributed by atoms with Crippen molar-refractivity contribution in [2.24, 2.45) is 5.16 Å². The molecule has 2 rings (SSSR count). The SMILES string of the molecule is CCO/N=C(/C(=O)O)c1ccccc1COc1ccc(C=C(Cl)Cl)cc1. The van der Waals surface area contributed by atoms with Crippen LogP contribution >= 0.6 is 23.2 Å². The topological polar surface area (TPSA) is 68.1 Å². The minimum Gasteiger partial charge on any atom is -0.489 e. The maximum absolute atomic E-state index is 11.5. The van der Waals surface area contributed by atoms with Crippen molar-refractivity contribution in [3.05, 3.63) is 69.7 Å². The van der Waals surface area contributed by atoms with Crippen LogP contribution in [0.2, 0.25) is 0 Å². The summed E-state index contributed by atoms with van der Waals surface area (Å²) >= 11 is 11.3. The average Bonchev–Trinajstić information content (AvgIpc) is 2.61. The second kappa shape index (κ2) is 9.85. The van der Waals surface area contributed by atoms with E-state index in [2.05, 4.69) is 5.16 Å². The van der Waals surface area contributed by atoms with E-state index in [1.165, 1.54) is 0 Å². The van der Waals surface area contributed by atoms with Crippen LogP contribution in [0.3, 0.4) is 0 Å². The van der Waals surface area contributed by atoms with E-state index in [1.807, 2.05) is 12.1 Å². The minimum absolute atomic E-state index is 0.164. The van der Waals surface area contributed by atoms with Crippen LogP contribution in [0.25, 0.3) is 6.08 Å². The van der Waals surface area contributed by atoms with E-state index in [0.29, 0.717) is 16.9 Å². The molecule has 0 spiro atoms. The molecule has 0 atom stereocenters. The van der Waals surface area contributed by atoms with Crippen LogP contribution in [0.15, 0.2) is 58.2 Å². The number of rotatable bonds is 8. The molecule has 26 heavy (non-hydrogen) atoms. The first-order valence-electron chi connectivity index (χ1n) is 7.78. The number of carboxylic acid groups (broad SMARTS) is 1. The Kier molecular flexibility index (Phi) is 7.51. The maximum Gasteiger partial charge on any atom is 0.358 e. The third-order valence-corrected chi connectivity index (χ3v) is 3.53. The molecule has 7 heteroatoms. The predicted molar refractivity (Wildman–Crippen MR) is 103 cm³/mol. The lowest BCUT2D eigenvalue weighted by molar-refractivity contribution is -0.129. The zero-order chi connectivity index (χ0) is 18.9. The molecule has 0 aromatic heterocycles. The van der Waals surface area contributed by atoms with Gasteiger partial charge in [0, 0.05) is 5.56 Å². The standard InChI is InChI=1S/C19H17Cl2NO4/c1-2-26-22-18(19(23)24)16-6-4-3-5-14(16)12-25-15-9-7-13(8-10-15)11-17(20)21/h3-11H,2,12H2,1H3,(H,23,24)/b22-18+. The molecule has 0 aliphatic heterocycles. The molecular weight excluding hydrogens is 377 g/mol. The average molecular weight is 394 g/mol. The number of hydrogen-bond acceptors (Lipinski definition) is 4. The van der Waals surface area contributed by atoms with Crippen LogP contribution in [0, 0.1) is 0 Å². The molecule has 2 aromatic carbocycles. The van der Waals surface area contributed by atoms with E-state index in [4.69, 9.17) is 32.8 Å². The van der Waals surface area contributed by atoms with Crippen molar-refractivity contribution >= 4 is 41.0 Å². The Bertz CT molecular complexity index is 813. The quantitative estimate of drug-likeness (QED) is 0.513. The number of benzene rings is 2. The number of halogens is 2. The summed E-state index contributed by atoms with van der Waals surface area (Å²) in [4.78, 5) is 16.4. The van der Waals surface area contributed by atoms with Gasteiger partial charge in [-0.05, 0) is 36.3 Å². The summed E-state index contributed by atoms with van der Waals surface area (Å²) in [7, 11) is 0. The van der Waals surface area contributed by atoms with Gasteiger partial charge in [-0.15, -0.1) is 0 Å². The summed E-state index contributed by atoms with van der Waals surface area (Å²) in [5.74, 6) is -0.540. The predicted octanol–water partition coefficient (Wildman–Crippen LogP) is 4.87. The molecular formula is C19H17Cl2NO4. The molecule has 0 aliphatic rings. The molecule has 0 saturated heterocycles. The number of ether oxygens (including phenoxy) is 1. The van der Waals surface area contributed by atoms with Crippen LogP contribution in [-0.2, 0) is 16.2 Å². The molecule has 5 nitrogen and oxygen atoms in total. The molecule has 0 amide bonds. The van der Waals surface area contributed by atoms with E-state index in [9.17, 15) is 9.90 Å². The molecule has 0 unspecified atom stereocenters. The van der Waals surface area contributed by atoms with E-state index in [1.54, 1.807) is 49.4 Å². The Hall–Kier alpha value is -2.50. The summed E-state index contributed by atoms with van der Waals surface area (Å²) in [6.45, 7) is 2.19. The van der Waals surface area contributed by atoms with Gasteiger partial charge >= 0.3 is 5.97 Å². The number of oxime groups is 1. The van der Waals surface area contributed by atoms with E-state index < -0.39 is 5.97 Å². The van der Waals surface area contributed by atoms with Gasteiger partial charge in [0.1, 0.15) is 23.5 Å². The smallest absolute Gasteiger partial charge is 0.358 e. The van der Waals surface area contributed by atoms with Crippen LogP contribution in [0.5, 0.6) is 5.75 Å². The van der Waals surface area contributed by atoms with Crippen LogP contribution in [0.4, 0.5) is 0 Å². The summed E-state index contributed by atoms with van der Waals surface area (Å²) < 4.78 is 5.92. The third kappa shape index (κ3) is 5.79. The normalized spacial score (nSPS) is 11.0.